The van der Waals surface area contributed by atoms with Gasteiger partial charge >= 0.3 is 0 Å². The quantitative estimate of drug-likeness (QED) is 0.796. The van der Waals surface area contributed by atoms with Crippen molar-refractivity contribution in [1.82, 2.24) is 0 Å². The molecule has 0 saturated heterocycles. The largest absolute Gasteiger partial charge is 0.446 e. The number of benzene rings is 1. The highest BCUT2D eigenvalue weighted by Gasteiger charge is 2.36. The van der Waals surface area contributed by atoms with Crippen LogP contribution in [0.2, 0.25) is 0 Å². The fourth-order valence-electron chi connectivity index (χ4n) is 2.99. The summed E-state index contributed by atoms with van der Waals surface area (Å²) >= 11 is 1.70. The lowest BCUT2D eigenvalue weighted by molar-refractivity contribution is -0.112. The van der Waals surface area contributed by atoms with Crippen molar-refractivity contribution in [2.75, 3.05) is 12.8 Å². The van der Waals surface area contributed by atoms with Crippen molar-refractivity contribution in [3.63, 3.8) is 0 Å². The van der Waals surface area contributed by atoms with Crippen molar-refractivity contribution in [2.24, 2.45) is 9.98 Å². The maximum absolute atomic E-state index is 12.2. The van der Waals surface area contributed by atoms with E-state index in [2.05, 4.69) is 34.4 Å². The molecule has 2 aliphatic rings. The van der Waals surface area contributed by atoms with Crippen molar-refractivity contribution in [3.05, 3.63) is 47.7 Å². The molecule has 0 N–H and O–H groups in total. The lowest BCUT2D eigenvalue weighted by Gasteiger charge is -2.26. The second-order valence-corrected chi connectivity index (χ2v) is 6.17. The lowest BCUT2D eigenvalue weighted by atomic mass is 9.82. The van der Waals surface area contributed by atoms with Crippen LogP contribution in [0.4, 0.5) is 5.88 Å². The Morgan fingerprint density at radius 3 is 3.09 bits per heavy atom. The first-order chi connectivity index (χ1) is 10.8. The second-order valence-electron chi connectivity index (χ2n) is 5.29. The lowest BCUT2D eigenvalue weighted by Crippen LogP contribution is -2.35. The van der Waals surface area contributed by atoms with Gasteiger partial charge in [-0.25, -0.2) is 4.99 Å². The molecule has 4 nitrogen and oxygen atoms in total. The number of rotatable bonds is 2. The van der Waals surface area contributed by atoms with Crippen molar-refractivity contribution in [1.29, 1.82) is 0 Å². The minimum Gasteiger partial charge on any atom is -0.446 e. The van der Waals surface area contributed by atoms with Gasteiger partial charge in [-0.1, -0.05) is 12.1 Å². The van der Waals surface area contributed by atoms with Crippen molar-refractivity contribution in [3.8, 4) is 0 Å². The fourth-order valence-corrected chi connectivity index (χ4v) is 3.46. The molecule has 0 radical (unpaired) electrons. The Morgan fingerprint density at radius 1 is 1.32 bits per heavy atom. The van der Waals surface area contributed by atoms with Gasteiger partial charge in [0.15, 0.2) is 5.78 Å². The highest BCUT2D eigenvalue weighted by atomic mass is 32.2. The Morgan fingerprint density at radius 2 is 2.23 bits per heavy atom. The van der Waals surface area contributed by atoms with Gasteiger partial charge in [0.2, 0.25) is 5.88 Å². The SMILES string of the molecule is CSc1cccc(C2C3=NCCC(=O)C3=Nc3occc32)c1. The summed E-state index contributed by atoms with van der Waals surface area (Å²) in [6.07, 6.45) is 4.11. The van der Waals surface area contributed by atoms with Gasteiger partial charge in [0, 0.05) is 23.4 Å². The average Bonchev–Trinajstić information content (AvgIpc) is 3.01. The summed E-state index contributed by atoms with van der Waals surface area (Å²) in [5.74, 6) is 0.513. The molecule has 0 bridgehead atoms. The summed E-state index contributed by atoms with van der Waals surface area (Å²) in [6.45, 7) is 0.541. The number of ketones is 1. The zero-order valence-corrected chi connectivity index (χ0v) is 12.9. The van der Waals surface area contributed by atoms with Crippen LogP contribution >= 0.6 is 11.8 Å². The Hall–Kier alpha value is -2.14. The molecule has 0 fully saturated rings. The highest BCUT2D eigenvalue weighted by molar-refractivity contribution is 7.98. The normalized spacial score (nSPS) is 20.0. The summed E-state index contributed by atoms with van der Waals surface area (Å²) in [4.78, 5) is 22.4. The van der Waals surface area contributed by atoms with E-state index in [4.69, 9.17) is 4.42 Å². The van der Waals surface area contributed by atoms with E-state index >= 15 is 0 Å². The van der Waals surface area contributed by atoms with Gasteiger partial charge in [-0.3, -0.25) is 9.79 Å². The Kier molecular flexibility index (Phi) is 3.22. The van der Waals surface area contributed by atoms with Crippen LogP contribution < -0.4 is 0 Å². The summed E-state index contributed by atoms with van der Waals surface area (Å²) in [7, 11) is 0. The Bertz CT molecular complexity index is 820. The summed E-state index contributed by atoms with van der Waals surface area (Å²) in [6, 6.07) is 10.3. The summed E-state index contributed by atoms with van der Waals surface area (Å²) in [5.41, 5.74) is 3.35. The van der Waals surface area contributed by atoms with Crippen molar-refractivity contribution < 1.29 is 9.21 Å². The molecule has 5 heteroatoms. The zero-order chi connectivity index (χ0) is 15.1. The highest BCUT2D eigenvalue weighted by Crippen LogP contribution is 2.40. The standard InChI is InChI=1S/C17H14N2O2S/c1-22-11-4-2-3-10(9-11)14-12-6-8-21-17(12)19-15-13(20)5-7-18-16(14)15/h2-4,6,8-9,14H,5,7H2,1H3. The number of Topliss-reactive ketones (excluding diaryl/α,β-unsaturated/α-hetero) is 1. The molecule has 1 atom stereocenters. The second kappa shape index (κ2) is 5.25. The van der Waals surface area contributed by atoms with Crippen LogP contribution in [0.3, 0.4) is 0 Å². The molecule has 110 valence electrons. The number of thioether (sulfide) groups is 1. The first-order valence-corrected chi connectivity index (χ1v) is 8.38. The molecule has 4 rings (SSSR count). The Balaban J connectivity index is 1.92. The van der Waals surface area contributed by atoms with E-state index in [9.17, 15) is 4.79 Å². The minimum absolute atomic E-state index is 0.0538. The van der Waals surface area contributed by atoms with Crippen LogP contribution in [0.15, 0.2) is 55.9 Å². The van der Waals surface area contributed by atoms with Crippen LogP contribution in [0, 0.1) is 0 Å². The smallest absolute Gasteiger partial charge is 0.223 e. The first kappa shape index (κ1) is 13.5. The third-order valence-corrected chi connectivity index (χ3v) is 4.75. The molecule has 0 saturated carbocycles. The van der Waals surface area contributed by atoms with Crippen molar-refractivity contribution in [2.45, 2.75) is 17.2 Å². The predicted molar refractivity (Wildman–Crippen MR) is 87.8 cm³/mol. The summed E-state index contributed by atoms with van der Waals surface area (Å²) in [5, 5.41) is 0. The van der Waals surface area contributed by atoms with Gasteiger partial charge in [-0.2, -0.15) is 0 Å². The zero-order valence-electron chi connectivity index (χ0n) is 12.1. The number of carbonyl (C=O) groups excluding carboxylic acids is 1. The number of hydrogen-bond acceptors (Lipinski definition) is 5. The topological polar surface area (TPSA) is 54.9 Å². The monoisotopic (exact) mass is 310 g/mol. The van der Waals surface area contributed by atoms with Gasteiger partial charge in [0.25, 0.3) is 0 Å². The fraction of sp³-hybridized carbons (Fsp3) is 0.235. The van der Waals surface area contributed by atoms with E-state index < -0.39 is 0 Å². The van der Waals surface area contributed by atoms with E-state index in [1.165, 1.54) is 4.90 Å². The van der Waals surface area contributed by atoms with Crippen LogP contribution in [-0.4, -0.2) is 30.0 Å². The maximum Gasteiger partial charge on any atom is 0.223 e. The molecule has 3 heterocycles. The Labute approximate surface area is 132 Å². The number of carbonyl (C=O) groups is 1. The van der Waals surface area contributed by atoms with Crippen LogP contribution in [0.1, 0.15) is 23.5 Å². The molecule has 1 aromatic heterocycles. The number of furan rings is 1. The van der Waals surface area contributed by atoms with E-state index in [-0.39, 0.29) is 11.7 Å². The average molecular weight is 310 g/mol. The minimum atomic E-state index is -0.0717. The molecule has 1 aromatic carbocycles. The van der Waals surface area contributed by atoms with Crippen LogP contribution in [0.5, 0.6) is 0 Å². The van der Waals surface area contributed by atoms with Crippen LogP contribution in [0.25, 0.3) is 0 Å². The molecule has 0 amide bonds. The molecule has 22 heavy (non-hydrogen) atoms. The van der Waals surface area contributed by atoms with Gasteiger partial charge in [-0.15, -0.1) is 11.8 Å². The van der Waals surface area contributed by atoms with Gasteiger partial charge in [0.1, 0.15) is 5.71 Å². The maximum atomic E-state index is 12.2. The number of hydrogen-bond donors (Lipinski definition) is 0. The van der Waals surface area contributed by atoms with Crippen molar-refractivity contribution >= 4 is 34.9 Å². The first-order valence-electron chi connectivity index (χ1n) is 7.16. The third-order valence-electron chi connectivity index (χ3n) is 4.03. The van der Waals surface area contributed by atoms with Crippen LogP contribution in [-0.2, 0) is 4.79 Å². The van der Waals surface area contributed by atoms with E-state index in [1.54, 1.807) is 18.0 Å². The van der Waals surface area contributed by atoms with Gasteiger partial charge in [-0.05, 0) is 30.0 Å². The van der Waals surface area contributed by atoms with E-state index in [0.29, 0.717) is 24.6 Å². The van der Waals surface area contributed by atoms with E-state index in [1.807, 2.05) is 12.1 Å². The molecule has 2 aliphatic heterocycles. The number of aliphatic imine (C=N–C) groups is 2. The number of nitrogens with zero attached hydrogens (tertiary/aromatic N) is 2. The summed E-state index contributed by atoms with van der Waals surface area (Å²) < 4.78 is 5.46. The molecule has 0 spiro atoms. The van der Waals surface area contributed by atoms with Gasteiger partial charge in [0.05, 0.1) is 17.9 Å². The molecular formula is C17H14N2O2S. The predicted octanol–water partition coefficient (Wildman–Crippen LogP) is 3.63. The molecule has 1 unspecified atom stereocenters. The third kappa shape index (κ3) is 2.04. The molecule has 0 aliphatic carbocycles. The van der Waals surface area contributed by atoms with E-state index in [0.717, 1.165) is 16.8 Å². The molecular weight excluding hydrogens is 296 g/mol. The number of fused-ring (bicyclic) bond motifs is 2. The molecule has 2 aromatic rings. The van der Waals surface area contributed by atoms with Gasteiger partial charge < -0.3 is 4.42 Å².